The highest BCUT2D eigenvalue weighted by atomic mass is 35.5. The molecule has 0 aliphatic carbocycles. The molecule has 25 heavy (non-hydrogen) atoms. The predicted molar refractivity (Wildman–Crippen MR) is 97.6 cm³/mol. The van der Waals surface area contributed by atoms with Crippen LogP contribution in [0.4, 0.5) is 10.1 Å². The molecule has 2 aromatic carbocycles. The molecule has 2 amide bonds. The fraction of sp³-hybridized carbons (Fsp3) is 0.222. The number of hydrogen-bond acceptors (Lipinski definition) is 2. The van der Waals surface area contributed by atoms with Crippen LogP contribution in [0.3, 0.4) is 0 Å². The molecule has 1 unspecified atom stereocenters. The zero-order valence-corrected chi connectivity index (χ0v) is 15.2. The van der Waals surface area contributed by atoms with E-state index in [9.17, 15) is 14.0 Å². The van der Waals surface area contributed by atoms with Crippen molar-refractivity contribution in [3.63, 3.8) is 0 Å². The predicted octanol–water partition coefficient (Wildman–Crippen LogP) is 4.53. The summed E-state index contributed by atoms with van der Waals surface area (Å²) in [4.78, 5) is 24.8. The number of hydrogen-bond donors (Lipinski definition) is 2. The highest BCUT2D eigenvalue weighted by molar-refractivity contribution is 6.42. The second-order valence-corrected chi connectivity index (χ2v) is 6.61. The van der Waals surface area contributed by atoms with Crippen LogP contribution in [0.15, 0.2) is 42.5 Å². The van der Waals surface area contributed by atoms with Gasteiger partial charge >= 0.3 is 0 Å². The van der Waals surface area contributed by atoms with E-state index >= 15 is 0 Å². The molecule has 0 saturated heterocycles. The third-order valence-corrected chi connectivity index (χ3v) is 4.28. The number of amides is 2. The number of benzene rings is 2. The molecule has 0 fully saturated rings. The third-order valence-electron chi connectivity index (χ3n) is 3.54. The highest BCUT2D eigenvalue weighted by Gasteiger charge is 2.25. The smallest absolute Gasteiger partial charge is 0.254 e. The van der Waals surface area contributed by atoms with Crippen LogP contribution < -0.4 is 10.6 Å². The van der Waals surface area contributed by atoms with Gasteiger partial charge in [0.05, 0.1) is 15.6 Å². The second kappa shape index (κ2) is 8.32. The van der Waals surface area contributed by atoms with Crippen LogP contribution in [0.1, 0.15) is 24.2 Å². The lowest BCUT2D eigenvalue weighted by molar-refractivity contribution is -0.118. The van der Waals surface area contributed by atoms with Crippen molar-refractivity contribution in [2.45, 2.75) is 19.9 Å². The Bertz CT molecular complexity index is 796. The van der Waals surface area contributed by atoms with Gasteiger partial charge in [0.15, 0.2) is 0 Å². The van der Waals surface area contributed by atoms with Crippen LogP contribution in [0.2, 0.25) is 10.0 Å². The van der Waals surface area contributed by atoms with Crippen LogP contribution in [-0.4, -0.2) is 17.9 Å². The average molecular weight is 383 g/mol. The van der Waals surface area contributed by atoms with Gasteiger partial charge < -0.3 is 10.6 Å². The first-order valence-electron chi connectivity index (χ1n) is 7.61. The molecule has 0 bridgehead atoms. The number of rotatable bonds is 5. The Morgan fingerprint density at radius 2 is 1.72 bits per heavy atom. The minimum atomic E-state index is -0.846. The lowest BCUT2D eigenvalue weighted by Crippen LogP contribution is -2.47. The zero-order valence-electron chi connectivity index (χ0n) is 13.6. The maximum absolute atomic E-state index is 13.7. The van der Waals surface area contributed by atoms with E-state index in [0.29, 0.717) is 15.7 Å². The van der Waals surface area contributed by atoms with Gasteiger partial charge in [-0.05, 0) is 36.2 Å². The molecule has 0 aliphatic heterocycles. The molecular formula is C18H17Cl2FN2O2. The molecule has 4 nitrogen and oxygen atoms in total. The summed E-state index contributed by atoms with van der Waals surface area (Å²) in [7, 11) is 0. The summed E-state index contributed by atoms with van der Waals surface area (Å²) in [6.45, 7) is 3.56. The van der Waals surface area contributed by atoms with E-state index in [-0.39, 0.29) is 11.5 Å². The van der Waals surface area contributed by atoms with Gasteiger partial charge in [0.1, 0.15) is 11.9 Å². The summed E-state index contributed by atoms with van der Waals surface area (Å²) in [5.74, 6) is -1.94. The monoisotopic (exact) mass is 382 g/mol. The summed E-state index contributed by atoms with van der Waals surface area (Å²) < 4.78 is 13.7. The van der Waals surface area contributed by atoms with Crippen molar-refractivity contribution in [3.05, 3.63) is 63.9 Å². The molecule has 2 N–H and O–H groups in total. The normalized spacial score (nSPS) is 11.9. The van der Waals surface area contributed by atoms with E-state index in [1.165, 1.54) is 24.3 Å². The van der Waals surface area contributed by atoms with Gasteiger partial charge in [0.2, 0.25) is 5.91 Å². The van der Waals surface area contributed by atoms with Crippen molar-refractivity contribution < 1.29 is 14.0 Å². The van der Waals surface area contributed by atoms with Gasteiger partial charge in [-0.2, -0.15) is 0 Å². The summed E-state index contributed by atoms with van der Waals surface area (Å²) in [6, 6.07) is 9.42. The minimum Gasteiger partial charge on any atom is -0.340 e. The quantitative estimate of drug-likeness (QED) is 0.797. The fourth-order valence-electron chi connectivity index (χ4n) is 2.19. The largest absolute Gasteiger partial charge is 0.340 e. The second-order valence-electron chi connectivity index (χ2n) is 5.79. The Hall–Kier alpha value is -2.11. The molecule has 0 spiro atoms. The van der Waals surface area contributed by atoms with Gasteiger partial charge in [0.25, 0.3) is 5.91 Å². The van der Waals surface area contributed by atoms with E-state index < -0.39 is 23.7 Å². The molecule has 0 aliphatic rings. The van der Waals surface area contributed by atoms with Crippen molar-refractivity contribution in [3.8, 4) is 0 Å². The highest BCUT2D eigenvalue weighted by Crippen LogP contribution is 2.25. The molecule has 0 saturated carbocycles. The molecule has 0 heterocycles. The van der Waals surface area contributed by atoms with E-state index in [2.05, 4.69) is 10.6 Å². The number of anilines is 1. The summed E-state index contributed by atoms with van der Waals surface area (Å²) in [6.07, 6.45) is 0. The standard InChI is InChI=1S/C18H17Cl2FN2O2/c1-10(2)16(23-17(24)12-5-3-4-6-15(12)21)18(25)22-11-7-8-13(19)14(20)9-11/h3-10,16H,1-2H3,(H,22,25)(H,23,24). The Morgan fingerprint density at radius 1 is 1.04 bits per heavy atom. The van der Waals surface area contributed by atoms with Gasteiger partial charge in [0, 0.05) is 5.69 Å². The van der Waals surface area contributed by atoms with Crippen molar-refractivity contribution in [1.29, 1.82) is 0 Å². The van der Waals surface area contributed by atoms with E-state index in [4.69, 9.17) is 23.2 Å². The van der Waals surface area contributed by atoms with Crippen molar-refractivity contribution in [1.82, 2.24) is 5.32 Å². The summed E-state index contributed by atoms with van der Waals surface area (Å²) in [5.41, 5.74) is 0.334. The molecule has 0 radical (unpaired) electrons. The fourth-order valence-corrected chi connectivity index (χ4v) is 2.49. The lowest BCUT2D eigenvalue weighted by atomic mass is 10.0. The first-order valence-corrected chi connectivity index (χ1v) is 8.36. The Balaban J connectivity index is 2.14. The number of halogens is 3. The van der Waals surface area contributed by atoms with Gasteiger partial charge in [-0.3, -0.25) is 9.59 Å². The van der Waals surface area contributed by atoms with Gasteiger partial charge in [-0.1, -0.05) is 49.2 Å². The molecule has 1 atom stereocenters. The van der Waals surface area contributed by atoms with Crippen LogP contribution >= 0.6 is 23.2 Å². The van der Waals surface area contributed by atoms with E-state index in [0.717, 1.165) is 0 Å². The van der Waals surface area contributed by atoms with Crippen LogP contribution in [0.5, 0.6) is 0 Å². The molecule has 132 valence electrons. The van der Waals surface area contributed by atoms with Crippen molar-refractivity contribution in [2.24, 2.45) is 5.92 Å². The number of nitrogens with one attached hydrogen (secondary N) is 2. The minimum absolute atomic E-state index is 0.115. The summed E-state index contributed by atoms with van der Waals surface area (Å²) >= 11 is 11.8. The molecule has 0 aromatic heterocycles. The Morgan fingerprint density at radius 3 is 2.32 bits per heavy atom. The number of carbonyl (C=O) groups excluding carboxylic acids is 2. The summed E-state index contributed by atoms with van der Waals surface area (Å²) in [5, 5.41) is 5.91. The first kappa shape index (κ1) is 19.2. The maximum atomic E-state index is 13.7. The molecule has 7 heteroatoms. The van der Waals surface area contributed by atoms with Crippen molar-refractivity contribution in [2.75, 3.05) is 5.32 Å². The maximum Gasteiger partial charge on any atom is 0.254 e. The van der Waals surface area contributed by atoms with Crippen LogP contribution in [-0.2, 0) is 4.79 Å². The van der Waals surface area contributed by atoms with Crippen LogP contribution in [0, 0.1) is 11.7 Å². The average Bonchev–Trinajstić information content (AvgIpc) is 2.55. The first-order chi connectivity index (χ1) is 11.8. The van der Waals surface area contributed by atoms with E-state index in [1.54, 1.807) is 32.0 Å². The van der Waals surface area contributed by atoms with Crippen LogP contribution in [0.25, 0.3) is 0 Å². The topological polar surface area (TPSA) is 58.2 Å². The Kier molecular flexibility index (Phi) is 6.39. The van der Waals surface area contributed by atoms with Gasteiger partial charge in [-0.15, -0.1) is 0 Å². The molecule has 2 rings (SSSR count). The van der Waals surface area contributed by atoms with E-state index in [1.807, 2.05) is 0 Å². The SMILES string of the molecule is CC(C)C(NC(=O)c1ccccc1F)C(=O)Nc1ccc(Cl)c(Cl)c1. The zero-order chi connectivity index (χ0) is 18.6. The third kappa shape index (κ3) is 4.94. The van der Waals surface area contributed by atoms with Gasteiger partial charge in [-0.25, -0.2) is 4.39 Å². The van der Waals surface area contributed by atoms with Crippen molar-refractivity contribution >= 4 is 40.7 Å². The lowest BCUT2D eigenvalue weighted by Gasteiger charge is -2.22. The number of carbonyl (C=O) groups is 2. The molecule has 2 aromatic rings. The molecular weight excluding hydrogens is 366 g/mol. The Labute approximate surface area is 155 Å².